The Morgan fingerprint density at radius 3 is 2.53 bits per heavy atom. The number of amides is 1. The summed E-state index contributed by atoms with van der Waals surface area (Å²) in [6, 6.07) is 16.1. The quantitative estimate of drug-likeness (QED) is 0.545. The topological polar surface area (TPSA) is 76.1 Å². The minimum atomic E-state index is -3.61. The summed E-state index contributed by atoms with van der Waals surface area (Å²) in [4.78, 5) is 15.0. The molecule has 0 bridgehead atoms. The van der Waals surface area contributed by atoms with Crippen molar-refractivity contribution in [1.29, 1.82) is 0 Å². The molecule has 2 saturated heterocycles. The van der Waals surface area contributed by atoms with Crippen LogP contribution in [0.4, 0.5) is 0 Å². The smallest absolute Gasteiger partial charge is 0.225 e. The lowest BCUT2D eigenvalue weighted by Crippen LogP contribution is -2.58. The maximum Gasteiger partial charge on any atom is 0.225 e. The van der Waals surface area contributed by atoms with E-state index in [-0.39, 0.29) is 44.4 Å². The summed E-state index contributed by atoms with van der Waals surface area (Å²) < 4.78 is 40.1. The maximum atomic E-state index is 13.3. The number of ether oxygens (including phenoxy) is 2. The highest BCUT2D eigenvalue weighted by molar-refractivity contribution is 7.88. The Morgan fingerprint density at radius 2 is 1.79 bits per heavy atom. The van der Waals surface area contributed by atoms with E-state index >= 15 is 0 Å². The molecule has 2 fully saturated rings. The summed E-state index contributed by atoms with van der Waals surface area (Å²) in [6.07, 6.45) is 3.14. The molecule has 2 aromatic rings. The highest BCUT2D eigenvalue weighted by atomic mass is 35.5. The van der Waals surface area contributed by atoms with Crippen molar-refractivity contribution in [2.45, 2.75) is 37.0 Å². The molecule has 2 heterocycles. The van der Waals surface area contributed by atoms with Crippen LogP contribution in [0.2, 0.25) is 5.02 Å². The Bertz CT molecular complexity index is 1080. The molecule has 184 valence electrons. The summed E-state index contributed by atoms with van der Waals surface area (Å²) in [5.41, 5.74) is -0.363. The molecule has 34 heavy (non-hydrogen) atoms. The van der Waals surface area contributed by atoms with Crippen LogP contribution in [0.25, 0.3) is 0 Å². The molecule has 0 spiro atoms. The van der Waals surface area contributed by atoms with Crippen molar-refractivity contribution in [3.8, 4) is 5.75 Å². The van der Waals surface area contributed by atoms with Gasteiger partial charge in [-0.15, -0.1) is 0 Å². The summed E-state index contributed by atoms with van der Waals surface area (Å²) in [5, 5.41) is 0.535. The van der Waals surface area contributed by atoms with Gasteiger partial charge in [0, 0.05) is 31.2 Å². The number of piperidine rings is 1. The van der Waals surface area contributed by atoms with Crippen molar-refractivity contribution in [3.63, 3.8) is 0 Å². The van der Waals surface area contributed by atoms with Gasteiger partial charge >= 0.3 is 0 Å². The van der Waals surface area contributed by atoms with Gasteiger partial charge in [0.2, 0.25) is 15.9 Å². The van der Waals surface area contributed by atoms with Crippen LogP contribution in [0.15, 0.2) is 54.6 Å². The Hall–Kier alpha value is -2.13. The van der Waals surface area contributed by atoms with E-state index in [2.05, 4.69) is 0 Å². The molecule has 7 nitrogen and oxygen atoms in total. The fourth-order valence-corrected chi connectivity index (χ4v) is 6.23. The molecule has 9 heteroatoms. The molecule has 2 aromatic carbocycles. The Kier molecular flexibility index (Phi) is 8.14. The van der Waals surface area contributed by atoms with Crippen molar-refractivity contribution in [3.05, 3.63) is 65.2 Å². The first-order valence-electron chi connectivity index (χ1n) is 11.7. The predicted octanol–water partition coefficient (Wildman–Crippen LogP) is 3.72. The molecular formula is C25H31ClN2O5S. The molecule has 0 N–H and O–H groups in total. The third-order valence-corrected chi connectivity index (χ3v) is 8.31. The van der Waals surface area contributed by atoms with Crippen molar-refractivity contribution in [2.75, 3.05) is 39.4 Å². The van der Waals surface area contributed by atoms with Crippen LogP contribution in [0.1, 0.15) is 31.2 Å². The largest absolute Gasteiger partial charge is 0.490 e. The predicted molar refractivity (Wildman–Crippen MR) is 131 cm³/mol. The van der Waals surface area contributed by atoms with Gasteiger partial charge in [-0.3, -0.25) is 4.79 Å². The highest BCUT2D eigenvalue weighted by Crippen LogP contribution is 2.29. The normalized spacial score (nSPS) is 21.9. The van der Waals surface area contributed by atoms with E-state index in [0.717, 1.165) is 37.9 Å². The lowest BCUT2D eigenvalue weighted by molar-refractivity contribution is -0.151. The van der Waals surface area contributed by atoms with Crippen LogP contribution in [-0.2, 0) is 25.3 Å². The number of hydrogen-bond donors (Lipinski definition) is 0. The molecule has 0 saturated carbocycles. The molecule has 1 amide bonds. The summed E-state index contributed by atoms with van der Waals surface area (Å²) in [5.74, 6) is 0.418. The van der Waals surface area contributed by atoms with Gasteiger partial charge in [0.1, 0.15) is 18.0 Å². The monoisotopic (exact) mass is 506 g/mol. The van der Waals surface area contributed by atoms with Gasteiger partial charge in [0.15, 0.2) is 0 Å². The fourth-order valence-electron chi connectivity index (χ4n) is 4.47. The molecular weight excluding hydrogens is 476 g/mol. The van der Waals surface area contributed by atoms with Gasteiger partial charge in [0.25, 0.3) is 0 Å². The summed E-state index contributed by atoms with van der Waals surface area (Å²) in [7, 11) is -3.61. The first kappa shape index (κ1) is 25.0. The average molecular weight is 507 g/mol. The zero-order valence-electron chi connectivity index (χ0n) is 19.2. The van der Waals surface area contributed by atoms with Gasteiger partial charge in [-0.1, -0.05) is 48.0 Å². The maximum absolute atomic E-state index is 13.3. The van der Waals surface area contributed by atoms with Crippen LogP contribution in [0, 0.1) is 0 Å². The number of carbonyl (C=O) groups is 1. The van der Waals surface area contributed by atoms with Crippen molar-refractivity contribution in [2.24, 2.45) is 0 Å². The molecule has 0 radical (unpaired) electrons. The second-order valence-electron chi connectivity index (χ2n) is 8.97. The number of hydrogen-bond acceptors (Lipinski definition) is 5. The third-order valence-electron chi connectivity index (χ3n) is 6.28. The average Bonchev–Trinajstić information content (AvgIpc) is 2.84. The molecule has 1 atom stereocenters. The van der Waals surface area contributed by atoms with Gasteiger partial charge in [-0.25, -0.2) is 8.42 Å². The first-order chi connectivity index (χ1) is 16.4. The van der Waals surface area contributed by atoms with Gasteiger partial charge in [0.05, 0.1) is 18.8 Å². The third kappa shape index (κ3) is 6.50. The van der Waals surface area contributed by atoms with Crippen molar-refractivity contribution < 1.29 is 22.7 Å². The van der Waals surface area contributed by atoms with E-state index in [1.54, 1.807) is 36.4 Å². The minimum absolute atomic E-state index is 0.0308. The Morgan fingerprint density at radius 1 is 1.03 bits per heavy atom. The molecule has 0 aliphatic carbocycles. The number of carbonyl (C=O) groups excluding carboxylic acids is 1. The van der Waals surface area contributed by atoms with Crippen molar-refractivity contribution >= 4 is 27.5 Å². The van der Waals surface area contributed by atoms with E-state index in [0.29, 0.717) is 10.8 Å². The van der Waals surface area contributed by atoms with E-state index < -0.39 is 15.6 Å². The first-order valence-corrected chi connectivity index (χ1v) is 13.7. The zero-order chi connectivity index (χ0) is 24.0. The fraction of sp³-hybridized carbons (Fsp3) is 0.480. The van der Waals surface area contributed by atoms with Crippen LogP contribution in [0.3, 0.4) is 0 Å². The number of sulfonamides is 1. The number of likely N-dealkylation sites (tertiary alicyclic amines) is 1. The van der Waals surface area contributed by atoms with E-state index in [9.17, 15) is 13.2 Å². The van der Waals surface area contributed by atoms with Gasteiger partial charge in [-0.05, 0) is 43.0 Å². The molecule has 0 aromatic heterocycles. The van der Waals surface area contributed by atoms with Crippen molar-refractivity contribution in [1.82, 2.24) is 9.21 Å². The van der Waals surface area contributed by atoms with Gasteiger partial charge < -0.3 is 14.4 Å². The summed E-state index contributed by atoms with van der Waals surface area (Å²) >= 11 is 6.09. The number of morpholine rings is 1. The zero-order valence-corrected chi connectivity index (χ0v) is 20.8. The van der Waals surface area contributed by atoms with Crippen LogP contribution < -0.4 is 4.74 Å². The van der Waals surface area contributed by atoms with E-state index in [4.69, 9.17) is 21.1 Å². The number of halogens is 1. The number of rotatable bonds is 8. The van der Waals surface area contributed by atoms with Crippen LogP contribution in [-0.4, -0.2) is 68.5 Å². The molecule has 2 aliphatic heterocycles. The number of nitrogens with zero attached hydrogens (tertiary/aromatic N) is 2. The standard InChI is InChI=1S/C25H31ClN2O5S/c26-22-10-7-11-23(16-22)32-20-25(17-24(29)27-12-5-2-6-13-27)19-28(14-15-33-25)34(30,31)18-21-8-3-1-4-9-21/h1,3-4,7-11,16H,2,5-6,12-15,17-20H2/t25-/m1/s1. The highest BCUT2D eigenvalue weighted by Gasteiger charge is 2.44. The number of benzene rings is 2. The molecule has 4 rings (SSSR count). The van der Waals surface area contributed by atoms with Crippen LogP contribution in [0.5, 0.6) is 5.75 Å². The minimum Gasteiger partial charge on any atom is -0.490 e. The Labute approximate surface area is 206 Å². The lowest BCUT2D eigenvalue weighted by Gasteiger charge is -2.42. The van der Waals surface area contributed by atoms with Gasteiger partial charge in [-0.2, -0.15) is 4.31 Å². The van der Waals surface area contributed by atoms with E-state index in [1.807, 2.05) is 23.1 Å². The SMILES string of the molecule is O=C(C[C@]1(COc2cccc(Cl)c2)CN(S(=O)(=O)Cc2ccccc2)CCO1)N1CCCCC1. The van der Waals surface area contributed by atoms with E-state index in [1.165, 1.54) is 4.31 Å². The summed E-state index contributed by atoms with van der Waals surface area (Å²) in [6.45, 7) is 1.99. The molecule has 2 aliphatic rings. The molecule has 0 unspecified atom stereocenters. The second-order valence-corrected chi connectivity index (χ2v) is 11.4. The van der Waals surface area contributed by atoms with Crippen LogP contribution >= 0.6 is 11.6 Å². The lowest BCUT2D eigenvalue weighted by atomic mass is 9.97. The second kappa shape index (κ2) is 11.1. The Balaban J connectivity index is 1.53.